The van der Waals surface area contributed by atoms with E-state index in [9.17, 15) is 14.3 Å². The Labute approximate surface area is 148 Å². The van der Waals surface area contributed by atoms with Crippen molar-refractivity contribution in [1.29, 1.82) is 0 Å². The molecule has 1 fully saturated rings. The molecule has 2 N–H and O–H groups in total. The second-order valence-corrected chi connectivity index (χ2v) is 6.23. The van der Waals surface area contributed by atoms with Crippen molar-refractivity contribution in [2.45, 2.75) is 6.92 Å². The minimum absolute atomic E-state index is 0.167. The number of phenols is 1. The van der Waals surface area contributed by atoms with Crippen molar-refractivity contribution in [3.8, 4) is 11.4 Å². The van der Waals surface area contributed by atoms with Crippen LogP contribution in [0.25, 0.3) is 16.6 Å². The number of para-hydroxylation sites is 1. The van der Waals surface area contributed by atoms with Crippen LogP contribution in [-0.4, -0.2) is 45.8 Å². The van der Waals surface area contributed by atoms with Gasteiger partial charge in [0, 0.05) is 31.9 Å². The van der Waals surface area contributed by atoms with Gasteiger partial charge in [-0.3, -0.25) is 9.36 Å². The maximum Gasteiger partial charge on any atom is 0.282 e. The molecule has 1 aliphatic heterocycles. The number of hydrogen-bond acceptors (Lipinski definition) is 6. The van der Waals surface area contributed by atoms with Crippen molar-refractivity contribution in [1.82, 2.24) is 19.9 Å². The van der Waals surface area contributed by atoms with Gasteiger partial charge >= 0.3 is 0 Å². The summed E-state index contributed by atoms with van der Waals surface area (Å²) < 4.78 is 15.5. The van der Waals surface area contributed by atoms with E-state index >= 15 is 0 Å². The Morgan fingerprint density at radius 3 is 2.73 bits per heavy atom. The van der Waals surface area contributed by atoms with Gasteiger partial charge in [-0.1, -0.05) is 6.07 Å². The fourth-order valence-corrected chi connectivity index (χ4v) is 3.36. The van der Waals surface area contributed by atoms with E-state index in [4.69, 9.17) is 0 Å². The molecule has 3 aromatic rings. The number of piperazine rings is 1. The van der Waals surface area contributed by atoms with E-state index in [-0.39, 0.29) is 17.0 Å². The molecule has 1 saturated heterocycles. The number of aromatic hydroxyl groups is 1. The first-order valence-electron chi connectivity index (χ1n) is 8.39. The van der Waals surface area contributed by atoms with E-state index in [1.54, 1.807) is 13.0 Å². The normalized spacial score (nSPS) is 14.8. The van der Waals surface area contributed by atoms with Gasteiger partial charge < -0.3 is 15.3 Å². The molecule has 0 aliphatic carbocycles. The van der Waals surface area contributed by atoms with E-state index in [1.165, 1.54) is 24.5 Å². The van der Waals surface area contributed by atoms with Gasteiger partial charge in [-0.15, -0.1) is 0 Å². The zero-order chi connectivity index (χ0) is 18.3. The number of rotatable bonds is 2. The summed E-state index contributed by atoms with van der Waals surface area (Å²) in [6.45, 7) is 4.93. The molecule has 4 rings (SSSR count). The number of phenolic OH excluding ortho intramolecular Hbond substituents is 1. The fourth-order valence-electron chi connectivity index (χ4n) is 3.36. The fraction of sp³-hybridized carbons (Fsp3) is 0.278. The summed E-state index contributed by atoms with van der Waals surface area (Å²) in [4.78, 5) is 23.7. The minimum atomic E-state index is -0.675. The van der Waals surface area contributed by atoms with Crippen molar-refractivity contribution in [3.63, 3.8) is 0 Å². The quantitative estimate of drug-likeness (QED) is 0.722. The molecule has 0 spiro atoms. The molecular formula is C18H18FN5O2. The Kier molecular flexibility index (Phi) is 4.04. The molecule has 7 nitrogen and oxygen atoms in total. The van der Waals surface area contributed by atoms with Crippen LogP contribution in [0.2, 0.25) is 0 Å². The Bertz CT molecular complexity index is 1020. The third-order valence-electron chi connectivity index (χ3n) is 4.58. The Morgan fingerprint density at radius 1 is 1.23 bits per heavy atom. The number of hydrogen-bond donors (Lipinski definition) is 2. The van der Waals surface area contributed by atoms with E-state index in [0.29, 0.717) is 16.9 Å². The number of nitrogens with zero attached hydrogens (tertiary/aromatic N) is 4. The molecule has 1 aliphatic rings. The smallest absolute Gasteiger partial charge is 0.282 e. The average Bonchev–Trinajstić information content (AvgIpc) is 2.64. The number of aromatic nitrogens is 3. The van der Waals surface area contributed by atoms with Crippen molar-refractivity contribution in [3.05, 3.63) is 52.5 Å². The molecule has 0 amide bonds. The van der Waals surface area contributed by atoms with Crippen molar-refractivity contribution < 1.29 is 9.50 Å². The SMILES string of the molecule is Cc1cc2c(N3CCNCC3)ncnc2c(=O)n1-c1c(O)cccc1F. The molecule has 0 atom stereocenters. The minimum Gasteiger partial charge on any atom is -0.506 e. The lowest BCUT2D eigenvalue weighted by atomic mass is 10.2. The lowest BCUT2D eigenvalue weighted by Gasteiger charge is -2.29. The zero-order valence-electron chi connectivity index (χ0n) is 14.2. The van der Waals surface area contributed by atoms with Gasteiger partial charge in [-0.05, 0) is 25.1 Å². The van der Waals surface area contributed by atoms with Gasteiger partial charge in [-0.2, -0.15) is 0 Å². The van der Waals surface area contributed by atoms with Crippen LogP contribution in [0, 0.1) is 12.7 Å². The van der Waals surface area contributed by atoms with Crippen molar-refractivity contribution in [2.24, 2.45) is 0 Å². The van der Waals surface area contributed by atoms with Crippen molar-refractivity contribution in [2.75, 3.05) is 31.1 Å². The molecule has 26 heavy (non-hydrogen) atoms. The number of pyridine rings is 1. The zero-order valence-corrected chi connectivity index (χ0v) is 14.2. The molecule has 134 valence electrons. The van der Waals surface area contributed by atoms with Crippen LogP contribution in [0.1, 0.15) is 5.69 Å². The predicted molar refractivity (Wildman–Crippen MR) is 96.6 cm³/mol. The van der Waals surface area contributed by atoms with Crippen molar-refractivity contribution >= 4 is 16.7 Å². The third kappa shape index (κ3) is 2.59. The summed E-state index contributed by atoms with van der Waals surface area (Å²) in [6.07, 6.45) is 1.35. The summed E-state index contributed by atoms with van der Waals surface area (Å²) in [5.74, 6) is -0.279. The molecule has 2 aromatic heterocycles. The van der Waals surface area contributed by atoms with Crippen LogP contribution in [-0.2, 0) is 0 Å². The standard InChI is InChI=1S/C18H18FN5O2/c1-11-9-12-15(21-10-22-17(12)23-7-5-20-6-8-23)18(26)24(11)16-13(19)3-2-4-14(16)25/h2-4,9-10,20,25H,5-8H2,1H3. The molecular weight excluding hydrogens is 337 g/mol. The van der Waals surface area contributed by atoms with E-state index in [1.807, 2.05) is 0 Å². The first kappa shape index (κ1) is 16.5. The summed E-state index contributed by atoms with van der Waals surface area (Å²) >= 11 is 0. The number of halogens is 1. The highest BCUT2D eigenvalue weighted by Gasteiger charge is 2.20. The highest BCUT2D eigenvalue weighted by atomic mass is 19.1. The Balaban J connectivity index is 1.98. The highest BCUT2D eigenvalue weighted by molar-refractivity contribution is 5.89. The van der Waals surface area contributed by atoms with Crippen LogP contribution in [0.4, 0.5) is 10.2 Å². The first-order chi connectivity index (χ1) is 12.6. The summed E-state index contributed by atoms with van der Waals surface area (Å²) in [5, 5.41) is 14.0. The molecule has 0 radical (unpaired) electrons. The average molecular weight is 355 g/mol. The highest BCUT2D eigenvalue weighted by Crippen LogP contribution is 2.27. The van der Waals surface area contributed by atoms with Gasteiger partial charge in [0.25, 0.3) is 5.56 Å². The lowest BCUT2D eigenvalue weighted by molar-refractivity contribution is 0.463. The van der Waals surface area contributed by atoms with Gasteiger partial charge in [0.1, 0.15) is 29.1 Å². The predicted octanol–water partition coefficient (Wildman–Crippen LogP) is 1.34. The molecule has 0 bridgehead atoms. The third-order valence-corrected chi connectivity index (χ3v) is 4.58. The second-order valence-electron chi connectivity index (χ2n) is 6.23. The van der Waals surface area contributed by atoms with Gasteiger partial charge in [-0.25, -0.2) is 14.4 Å². The first-order valence-corrected chi connectivity index (χ1v) is 8.39. The summed E-state index contributed by atoms with van der Waals surface area (Å²) in [7, 11) is 0. The van der Waals surface area contributed by atoms with Gasteiger partial charge in [0.2, 0.25) is 0 Å². The second kappa shape index (κ2) is 6.38. The van der Waals surface area contributed by atoms with Gasteiger partial charge in [0.05, 0.1) is 5.39 Å². The van der Waals surface area contributed by atoms with Crippen LogP contribution in [0.3, 0.4) is 0 Å². The van der Waals surface area contributed by atoms with Crippen LogP contribution >= 0.6 is 0 Å². The molecule has 1 aromatic carbocycles. The molecule has 3 heterocycles. The maximum atomic E-state index is 14.3. The van der Waals surface area contributed by atoms with E-state index in [2.05, 4.69) is 20.2 Å². The van der Waals surface area contributed by atoms with Gasteiger partial charge in [0.15, 0.2) is 5.82 Å². The van der Waals surface area contributed by atoms with E-state index < -0.39 is 11.4 Å². The monoisotopic (exact) mass is 355 g/mol. The largest absolute Gasteiger partial charge is 0.506 e. The molecule has 8 heteroatoms. The topological polar surface area (TPSA) is 83.3 Å². The number of fused-ring (bicyclic) bond motifs is 1. The molecule has 0 unspecified atom stereocenters. The summed E-state index contributed by atoms with van der Waals surface area (Å²) in [5.41, 5.74) is 0.0364. The Morgan fingerprint density at radius 2 is 2.00 bits per heavy atom. The number of aryl methyl sites for hydroxylation is 1. The molecule has 0 saturated carbocycles. The number of anilines is 1. The Hall–Kier alpha value is -3.00. The number of benzene rings is 1. The summed E-state index contributed by atoms with van der Waals surface area (Å²) in [6, 6.07) is 5.71. The van der Waals surface area contributed by atoms with Crippen LogP contribution in [0.15, 0.2) is 35.4 Å². The van der Waals surface area contributed by atoms with E-state index in [0.717, 1.165) is 30.7 Å². The number of nitrogens with one attached hydrogen (secondary N) is 1. The lowest BCUT2D eigenvalue weighted by Crippen LogP contribution is -2.44. The maximum absolute atomic E-state index is 14.3. The van der Waals surface area contributed by atoms with Crippen LogP contribution < -0.4 is 15.8 Å². The van der Waals surface area contributed by atoms with Crippen LogP contribution in [0.5, 0.6) is 5.75 Å².